The minimum absolute atomic E-state index is 0.0748. The Morgan fingerprint density at radius 3 is 2.34 bits per heavy atom. The van der Waals surface area contributed by atoms with Gasteiger partial charge in [-0.3, -0.25) is 14.5 Å². The fourth-order valence-electron chi connectivity index (χ4n) is 4.68. The number of amides is 2. The van der Waals surface area contributed by atoms with Crippen molar-refractivity contribution in [3.05, 3.63) is 60.2 Å². The highest BCUT2D eigenvalue weighted by molar-refractivity contribution is 5.97. The summed E-state index contributed by atoms with van der Waals surface area (Å²) in [4.78, 5) is 31.7. The van der Waals surface area contributed by atoms with Crippen molar-refractivity contribution >= 4 is 23.2 Å². The Morgan fingerprint density at radius 1 is 0.938 bits per heavy atom. The molecular weight excluding hydrogens is 400 g/mol. The third-order valence-corrected chi connectivity index (χ3v) is 6.46. The molecule has 2 amide bonds. The van der Waals surface area contributed by atoms with Gasteiger partial charge in [0, 0.05) is 57.1 Å². The number of benzene rings is 2. The minimum atomic E-state index is -0.341. The van der Waals surface area contributed by atoms with Crippen LogP contribution in [0.1, 0.15) is 38.2 Å². The van der Waals surface area contributed by atoms with Crippen LogP contribution in [0.5, 0.6) is 0 Å². The van der Waals surface area contributed by atoms with E-state index in [-0.39, 0.29) is 17.9 Å². The average molecular weight is 435 g/mol. The molecule has 170 valence electrons. The summed E-state index contributed by atoms with van der Waals surface area (Å²) in [6.07, 6.45) is 2.96. The van der Waals surface area contributed by atoms with E-state index in [9.17, 15) is 9.59 Å². The molecule has 1 unspecified atom stereocenters. The van der Waals surface area contributed by atoms with E-state index in [1.807, 2.05) is 19.1 Å². The van der Waals surface area contributed by atoms with Crippen molar-refractivity contribution in [3.8, 4) is 0 Å². The number of carbonyl (C=O) groups excluding carboxylic acids is 2. The second-order valence-corrected chi connectivity index (χ2v) is 8.78. The molecule has 2 fully saturated rings. The molecule has 1 N–H and O–H groups in total. The van der Waals surface area contributed by atoms with E-state index >= 15 is 0 Å². The number of nitrogens with one attached hydrogen (secondary N) is 1. The lowest BCUT2D eigenvalue weighted by atomic mass is 10.1. The van der Waals surface area contributed by atoms with Crippen molar-refractivity contribution in [1.29, 1.82) is 0 Å². The molecule has 6 heteroatoms. The first-order valence-corrected chi connectivity index (χ1v) is 11.9. The van der Waals surface area contributed by atoms with Crippen LogP contribution in [-0.2, 0) is 16.1 Å². The maximum Gasteiger partial charge on any atom is 0.247 e. The van der Waals surface area contributed by atoms with Gasteiger partial charge in [0.2, 0.25) is 11.8 Å². The lowest BCUT2D eigenvalue weighted by molar-refractivity contribution is -0.136. The first-order chi connectivity index (χ1) is 15.6. The molecular formula is C26H34N4O2. The van der Waals surface area contributed by atoms with Gasteiger partial charge in [0.1, 0.15) is 6.04 Å². The monoisotopic (exact) mass is 434 g/mol. The summed E-state index contributed by atoms with van der Waals surface area (Å²) in [6.45, 7) is 7.75. The highest BCUT2D eigenvalue weighted by Crippen LogP contribution is 2.23. The number of anilines is 2. The van der Waals surface area contributed by atoms with E-state index in [0.717, 1.165) is 57.7 Å². The van der Waals surface area contributed by atoms with Gasteiger partial charge in [-0.05, 0) is 49.1 Å². The van der Waals surface area contributed by atoms with Gasteiger partial charge in [0.05, 0.1) is 0 Å². The Balaban J connectivity index is 1.28. The van der Waals surface area contributed by atoms with Gasteiger partial charge >= 0.3 is 0 Å². The number of rotatable bonds is 7. The van der Waals surface area contributed by atoms with E-state index < -0.39 is 0 Å². The van der Waals surface area contributed by atoms with Crippen molar-refractivity contribution in [1.82, 2.24) is 9.80 Å². The third kappa shape index (κ3) is 5.49. The fraction of sp³-hybridized carbons (Fsp3) is 0.462. The second kappa shape index (κ2) is 10.6. The first kappa shape index (κ1) is 22.3. The highest BCUT2D eigenvalue weighted by Gasteiger charge is 2.33. The Hall–Kier alpha value is -2.86. The maximum absolute atomic E-state index is 12.8. The Bertz CT molecular complexity index is 892. The van der Waals surface area contributed by atoms with E-state index in [1.54, 1.807) is 4.90 Å². The van der Waals surface area contributed by atoms with Crippen LogP contribution in [0.4, 0.5) is 11.4 Å². The van der Waals surface area contributed by atoms with Crippen molar-refractivity contribution in [3.63, 3.8) is 0 Å². The van der Waals surface area contributed by atoms with Crippen LogP contribution in [0, 0.1) is 0 Å². The average Bonchev–Trinajstić information content (AvgIpc) is 3.32. The molecule has 32 heavy (non-hydrogen) atoms. The summed E-state index contributed by atoms with van der Waals surface area (Å²) >= 11 is 0. The second-order valence-electron chi connectivity index (χ2n) is 8.78. The number of piperazine rings is 1. The third-order valence-electron chi connectivity index (χ3n) is 6.46. The van der Waals surface area contributed by atoms with Gasteiger partial charge in [-0.2, -0.15) is 0 Å². The molecule has 0 aromatic heterocycles. The molecule has 2 aromatic carbocycles. The van der Waals surface area contributed by atoms with Gasteiger partial charge in [0.25, 0.3) is 0 Å². The first-order valence-electron chi connectivity index (χ1n) is 11.9. The van der Waals surface area contributed by atoms with Crippen LogP contribution in [0.2, 0.25) is 0 Å². The predicted molar refractivity (Wildman–Crippen MR) is 129 cm³/mol. The number of carbonyl (C=O) groups is 2. The molecule has 4 rings (SSSR count). The normalized spacial score (nSPS) is 19.2. The Morgan fingerprint density at radius 2 is 1.66 bits per heavy atom. The Labute approximate surface area is 191 Å². The zero-order valence-electron chi connectivity index (χ0n) is 19.0. The van der Waals surface area contributed by atoms with Crippen molar-refractivity contribution < 1.29 is 9.59 Å². The smallest absolute Gasteiger partial charge is 0.247 e. The lowest BCUT2D eigenvalue weighted by Gasteiger charge is -2.36. The molecule has 2 aliphatic heterocycles. The summed E-state index contributed by atoms with van der Waals surface area (Å²) in [6, 6.07) is 18.4. The minimum Gasteiger partial charge on any atom is -0.369 e. The molecule has 0 aliphatic carbocycles. The van der Waals surface area contributed by atoms with E-state index in [4.69, 9.17) is 0 Å². The van der Waals surface area contributed by atoms with Crippen LogP contribution < -0.4 is 10.2 Å². The molecule has 0 spiro atoms. The van der Waals surface area contributed by atoms with Crippen LogP contribution in [0.25, 0.3) is 0 Å². The lowest BCUT2D eigenvalue weighted by Crippen LogP contribution is -2.46. The molecule has 0 bridgehead atoms. The van der Waals surface area contributed by atoms with Crippen molar-refractivity contribution in [2.75, 3.05) is 42.9 Å². The van der Waals surface area contributed by atoms with Gasteiger partial charge in [0.15, 0.2) is 0 Å². The number of nitrogens with zero attached hydrogens (tertiary/aromatic N) is 3. The summed E-state index contributed by atoms with van der Waals surface area (Å²) in [5.74, 6) is 0.0149. The summed E-state index contributed by atoms with van der Waals surface area (Å²) in [7, 11) is 0. The number of hydrogen-bond donors (Lipinski definition) is 1. The predicted octanol–water partition coefficient (Wildman–Crippen LogP) is 3.74. The van der Waals surface area contributed by atoms with Crippen molar-refractivity contribution in [2.45, 2.75) is 45.2 Å². The van der Waals surface area contributed by atoms with Gasteiger partial charge in [-0.15, -0.1) is 0 Å². The highest BCUT2D eigenvalue weighted by atomic mass is 16.2. The summed E-state index contributed by atoms with van der Waals surface area (Å²) < 4.78 is 0. The standard InChI is InChI=1S/C26H34N4O2/c1-2-7-25(31)30-15-6-10-24(30)26(32)27-22-11-13-23(14-12-22)29-18-16-28(17-19-29)20-21-8-4-3-5-9-21/h3-5,8-9,11-14,24H,2,6-7,10,15-20H2,1H3,(H,27,32). The van der Waals surface area contributed by atoms with Crippen LogP contribution in [0.15, 0.2) is 54.6 Å². The van der Waals surface area contributed by atoms with Crippen molar-refractivity contribution in [2.24, 2.45) is 0 Å². The molecule has 2 aromatic rings. The number of likely N-dealkylation sites (tertiary alicyclic amines) is 1. The number of hydrogen-bond acceptors (Lipinski definition) is 4. The van der Waals surface area contributed by atoms with Crippen LogP contribution >= 0.6 is 0 Å². The maximum atomic E-state index is 12.8. The fourth-order valence-corrected chi connectivity index (χ4v) is 4.68. The van der Waals surface area contributed by atoms with Gasteiger partial charge in [-0.1, -0.05) is 37.3 Å². The Kier molecular flexibility index (Phi) is 7.43. The zero-order valence-corrected chi connectivity index (χ0v) is 19.0. The van der Waals surface area contributed by atoms with E-state index in [1.165, 1.54) is 11.3 Å². The largest absolute Gasteiger partial charge is 0.369 e. The molecule has 0 saturated carbocycles. The molecule has 1 atom stereocenters. The zero-order chi connectivity index (χ0) is 22.3. The summed E-state index contributed by atoms with van der Waals surface area (Å²) in [5.41, 5.74) is 3.33. The topological polar surface area (TPSA) is 55.9 Å². The SMILES string of the molecule is CCCC(=O)N1CCCC1C(=O)Nc1ccc(N2CCN(Cc3ccccc3)CC2)cc1. The van der Waals surface area contributed by atoms with Crippen LogP contribution in [0.3, 0.4) is 0 Å². The molecule has 2 heterocycles. The molecule has 2 aliphatic rings. The molecule has 6 nitrogen and oxygen atoms in total. The molecule has 2 saturated heterocycles. The van der Waals surface area contributed by atoms with Gasteiger partial charge < -0.3 is 15.1 Å². The molecule has 0 radical (unpaired) electrons. The van der Waals surface area contributed by atoms with E-state index in [2.05, 4.69) is 57.6 Å². The summed E-state index contributed by atoms with van der Waals surface area (Å²) in [5, 5.41) is 3.02. The van der Waals surface area contributed by atoms with Gasteiger partial charge in [-0.25, -0.2) is 0 Å². The van der Waals surface area contributed by atoms with E-state index in [0.29, 0.717) is 13.0 Å². The quantitative estimate of drug-likeness (QED) is 0.721. The van der Waals surface area contributed by atoms with Crippen LogP contribution in [-0.4, -0.2) is 60.4 Å².